The molecule has 0 aromatic rings. The molecule has 4 heteroatoms. The first-order valence-electron chi connectivity index (χ1n) is 8.33. The van der Waals surface area contributed by atoms with Crippen LogP contribution in [0.5, 0.6) is 0 Å². The fourth-order valence-electron chi connectivity index (χ4n) is 3.06. The summed E-state index contributed by atoms with van der Waals surface area (Å²) >= 11 is 0. The van der Waals surface area contributed by atoms with Gasteiger partial charge in [-0.2, -0.15) is 0 Å². The molecule has 128 valence electrons. The first kappa shape index (κ1) is 18.0. The fraction of sp³-hybridized carbons (Fsp3) is 0.632. The number of carbonyl (C=O) groups excluding carboxylic acids is 1. The van der Waals surface area contributed by atoms with Crippen LogP contribution in [0.3, 0.4) is 0 Å². The van der Waals surface area contributed by atoms with Crippen molar-refractivity contribution in [3.8, 4) is 0 Å². The summed E-state index contributed by atoms with van der Waals surface area (Å²) in [6.07, 6.45) is 4.08. The van der Waals surface area contributed by atoms with Crippen LogP contribution in [-0.4, -0.2) is 36.0 Å². The summed E-state index contributed by atoms with van der Waals surface area (Å²) in [4.78, 5) is 12.0. The molecule has 4 unspecified atom stereocenters. The second-order valence-electron chi connectivity index (χ2n) is 7.10. The molecule has 0 aromatic carbocycles. The van der Waals surface area contributed by atoms with Crippen LogP contribution >= 0.6 is 0 Å². The van der Waals surface area contributed by atoms with Gasteiger partial charge in [0.15, 0.2) is 0 Å². The average molecular weight is 320 g/mol. The minimum Gasteiger partial charge on any atom is -0.454 e. The number of hydrogen-bond acceptors (Lipinski definition) is 4. The second-order valence-corrected chi connectivity index (χ2v) is 7.10. The SMILES string of the molecule is C=C1C(=O)OC2C=C(C)C(O)CC=C(C)CC(OCC(C)C)C12. The number of ether oxygens (including phenoxy) is 2. The standard InChI is InChI=1S/C19H28O4/c1-11(2)10-22-16-8-12(3)6-7-15(20)13(4)9-17-18(16)14(5)19(21)23-17/h6,9,11,15-18,20H,5,7-8,10H2,1-4H3. The van der Waals surface area contributed by atoms with Crippen molar-refractivity contribution in [2.24, 2.45) is 11.8 Å². The minimum atomic E-state index is -0.550. The van der Waals surface area contributed by atoms with E-state index in [1.54, 1.807) is 0 Å². The Morgan fingerprint density at radius 1 is 1.43 bits per heavy atom. The smallest absolute Gasteiger partial charge is 0.334 e. The van der Waals surface area contributed by atoms with E-state index in [-0.39, 0.29) is 18.0 Å². The van der Waals surface area contributed by atoms with Gasteiger partial charge < -0.3 is 14.6 Å². The molecule has 0 radical (unpaired) electrons. The Morgan fingerprint density at radius 3 is 2.78 bits per heavy atom. The van der Waals surface area contributed by atoms with Crippen molar-refractivity contribution in [3.63, 3.8) is 0 Å². The molecule has 2 aliphatic rings. The maximum absolute atomic E-state index is 12.0. The number of aliphatic hydroxyl groups excluding tert-OH is 1. The molecule has 1 saturated heterocycles. The monoisotopic (exact) mass is 320 g/mol. The van der Waals surface area contributed by atoms with Gasteiger partial charge in [-0.1, -0.05) is 32.1 Å². The summed E-state index contributed by atoms with van der Waals surface area (Å²) in [5.74, 6) is -0.152. The van der Waals surface area contributed by atoms with Crippen molar-refractivity contribution in [2.75, 3.05) is 6.61 Å². The van der Waals surface area contributed by atoms with E-state index in [1.807, 2.05) is 19.9 Å². The van der Waals surface area contributed by atoms with Gasteiger partial charge in [0.1, 0.15) is 6.10 Å². The van der Waals surface area contributed by atoms with Crippen LogP contribution in [0.1, 0.15) is 40.5 Å². The van der Waals surface area contributed by atoms with Gasteiger partial charge in [-0.15, -0.1) is 0 Å². The summed E-state index contributed by atoms with van der Waals surface area (Å²) in [5.41, 5.74) is 2.44. The molecule has 0 bridgehead atoms. The molecule has 1 heterocycles. The normalized spacial score (nSPS) is 32.3. The molecule has 1 fully saturated rings. The molecule has 1 aliphatic carbocycles. The largest absolute Gasteiger partial charge is 0.454 e. The van der Waals surface area contributed by atoms with Crippen molar-refractivity contribution < 1.29 is 19.4 Å². The lowest BCUT2D eigenvalue weighted by Gasteiger charge is -2.28. The van der Waals surface area contributed by atoms with Crippen LogP contribution in [0.4, 0.5) is 0 Å². The average Bonchev–Trinajstić information content (AvgIpc) is 2.75. The predicted molar refractivity (Wildman–Crippen MR) is 89.8 cm³/mol. The first-order valence-corrected chi connectivity index (χ1v) is 8.33. The van der Waals surface area contributed by atoms with E-state index in [0.717, 1.165) is 11.1 Å². The number of aliphatic hydroxyl groups is 1. The van der Waals surface area contributed by atoms with Crippen LogP contribution in [0.15, 0.2) is 35.5 Å². The van der Waals surface area contributed by atoms with Gasteiger partial charge >= 0.3 is 5.97 Å². The van der Waals surface area contributed by atoms with E-state index in [1.165, 1.54) is 0 Å². The fourth-order valence-corrected chi connectivity index (χ4v) is 3.06. The van der Waals surface area contributed by atoms with E-state index < -0.39 is 12.2 Å². The zero-order valence-corrected chi connectivity index (χ0v) is 14.5. The quantitative estimate of drug-likeness (QED) is 0.493. The topological polar surface area (TPSA) is 55.8 Å². The van der Waals surface area contributed by atoms with Crippen LogP contribution in [0.2, 0.25) is 0 Å². The number of rotatable bonds is 3. The Morgan fingerprint density at radius 2 is 2.13 bits per heavy atom. The molecule has 2 rings (SSSR count). The molecule has 4 atom stereocenters. The van der Waals surface area contributed by atoms with E-state index in [9.17, 15) is 9.90 Å². The van der Waals surface area contributed by atoms with Crippen LogP contribution < -0.4 is 0 Å². The Bertz CT molecular complexity index is 529. The van der Waals surface area contributed by atoms with Crippen molar-refractivity contribution in [1.82, 2.24) is 0 Å². The van der Waals surface area contributed by atoms with Crippen molar-refractivity contribution in [3.05, 3.63) is 35.5 Å². The van der Waals surface area contributed by atoms with Crippen LogP contribution in [-0.2, 0) is 14.3 Å². The lowest BCUT2D eigenvalue weighted by Crippen LogP contribution is -2.33. The van der Waals surface area contributed by atoms with E-state index in [4.69, 9.17) is 9.47 Å². The Balaban J connectivity index is 2.35. The summed E-state index contributed by atoms with van der Waals surface area (Å²) in [6.45, 7) is 12.7. The number of carbonyl (C=O) groups is 1. The molecule has 1 N–H and O–H groups in total. The highest BCUT2D eigenvalue weighted by Crippen LogP contribution is 2.36. The number of esters is 1. The van der Waals surface area contributed by atoms with Crippen molar-refractivity contribution >= 4 is 5.97 Å². The highest BCUT2D eigenvalue weighted by Gasteiger charge is 2.43. The highest BCUT2D eigenvalue weighted by molar-refractivity contribution is 5.91. The van der Waals surface area contributed by atoms with Crippen molar-refractivity contribution in [2.45, 2.75) is 58.8 Å². The van der Waals surface area contributed by atoms with Gasteiger partial charge in [0.25, 0.3) is 0 Å². The lowest BCUT2D eigenvalue weighted by molar-refractivity contribution is -0.137. The zero-order chi connectivity index (χ0) is 17.1. The predicted octanol–water partition coefficient (Wildman–Crippen LogP) is 3.17. The van der Waals surface area contributed by atoms with Crippen LogP contribution in [0, 0.1) is 11.8 Å². The Hall–Kier alpha value is -1.39. The van der Waals surface area contributed by atoms with E-state index in [0.29, 0.717) is 30.9 Å². The van der Waals surface area contributed by atoms with Gasteiger partial charge in [-0.05, 0) is 44.3 Å². The van der Waals surface area contributed by atoms with Crippen molar-refractivity contribution in [1.29, 1.82) is 0 Å². The number of hydrogen-bond donors (Lipinski definition) is 1. The maximum Gasteiger partial charge on any atom is 0.334 e. The lowest BCUT2D eigenvalue weighted by atomic mass is 9.85. The number of fused-ring (bicyclic) bond motifs is 1. The summed E-state index contributed by atoms with van der Waals surface area (Å²) in [6, 6.07) is 0. The van der Waals surface area contributed by atoms with Gasteiger partial charge in [-0.3, -0.25) is 0 Å². The molecule has 0 spiro atoms. The van der Waals surface area contributed by atoms with Gasteiger partial charge in [0.05, 0.1) is 18.1 Å². The zero-order valence-electron chi connectivity index (χ0n) is 14.5. The second kappa shape index (κ2) is 7.45. The molecule has 23 heavy (non-hydrogen) atoms. The summed E-state index contributed by atoms with van der Waals surface area (Å²) in [5, 5.41) is 10.2. The minimum absolute atomic E-state index is 0.142. The molecule has 1 aliphatic heterocycles. The van der Waals surface area contributed by atoms with Gasteiger partial charge in [-0.25, -0.2) is 4.79 Å². The summed E-state index contributed by atoms with van der Waals surface area (Å²) in [7, 11) is 0. The third-order valence-electron chi connectivity index (χ3n) is 4.47. The maximum atomic E-state index is 12.0. The molecule has 0 saturated carbocycles. The van der Waals surface area contributed by atoms with Gasteiger partial charge in [0, 0.05) is 12.2 Å². The third kappa shape index (κ3) is 4.33. The van der Waals surface area contributed by atoms with Crippen LogP contribution in [0.25, 0.3) is 0 Å². The highest BCUT2D eigenvalue weighted by atomic mass is 16.6. The van der Waals surface area contributed by atoms with E-state index in [2.05, 4.69) is 26.5 Å². The summed E-state index contributed by atoms with van der Waals surface area (Å²) < 4.78 is 11.6. The molecule has 0 amide bonds. The Labute approximate surface area is 138 Å². The molecular weight excluding hydrogens is 292 g/mol. The van der Waals surface area contributed by atoms with E-state index >= 15 is 0 Å². The first-order chi connectivity index (χ1) is 10.8. The molecular formula is C19H28O4. The third-order valence-corrected chi connectivity index (χ3v) is 4.47. The Kier molecular flexibility index (Phi) is 5.82. The molecule has 0 aromatic heterocycles. The molecule has 4 nitrogen and oxygen atoms in total. The van der Waals surface area contributed by atoms with Gasteiger partial charge in [0.2, 0.25) is 0 Å².